The van der Waals surface area contributed by atoms with E-state index >= 15 is 0 Å². The SMILES string of the molecule is COc1ccc(CCC(C)Nc2ccc(C)c(Br)c2)cc1. The Morgan fingerprint density at radius 1 is 1.14 bits per heavy atom. The Kier molecular flexibility index (Phi) is 5.68. The second-order valence-corrected chi connectivity index (χ2v) is 6.25. The normalized spacial score (nSPS) is 12.0. The summed E-state index contributed by atoms with van der Waals surface area (Å²) in [5.74, 6) is 0.912. The second-order valence-electron chi connectivity index (χ2n) is 5.40. The zero-order valence-electron chi connectivity index (χ0n) is 12.8. The van der Waals surface area contributed by atoms with Gasteiger partial charge in [0.2, 0.25) is 0 Å². The van der Waals surface area contributed by atoms with Crippen molar-refractivity contribution >= 4 is 21.6 Å². The van der Waals surface area contributed by atoms with Crippen molar-refractivity contribution < 1.29 is 4.74 Å². The predicted molar refractivity (Wildman–Crippen MR) is 93.3 cm³/mol. The Morgan fingerprint density at radius 2 is 1.86 bits per heavy atom. The van der Waals surface area contributed by atoms with Crippen LogP contribution < -0.4 is 10.1 Å². The van der Waals surface area contributed by atoms with Crippen molar-refractivity contribution in [2.24, 2.45) is 0 Å². The van der Waals surface area contributed by atoms with Gasteiger partial charge in [0.15, 0.2) is 0 Å². The van der Waals surface area contributed by atoms with E-state index in [1.165, 1.54) is 11.1 Å². The Balaban J connectivity index is 1.86. The molecule has 2 aromatic rings. The summed E-state index contributed by atoms with van der Waals surface area (Å²) in [5, 5.41) is 3.55. The highest BCUT2D eigenvalue weighted by molar-refractivity contribution is 9.10. The highest BCUT2D eigenvalue weighted by atomic mass is 79.9. The van der Waals surface area contributed by atoms with Gasteiger partial charge in [-0.15, -0.1) is 0 Å². The average Bonchev–Trinajstić information content (AvgIpc) is 2.49. The van der Waals surface area contributed by atoms with E-state index in [-0.39, 0.29) is 0 Å². The van der Waals surface area contributed by atoms with Gasteiger partial charge in [-0.1, -0.05) is 34.1 Å². The minimum Gasteiger partial charge on any atom is -0.497 e. The lowest BCUT2D eigenvalue weighted by molar-refractivity contribution is 0.414. The molecule has 0 radical (unpaired) electrons. The number of rotatable bonds is 6. The summed E-state index contributed by atoms with van der Waals surface area (Å²) in [5.41, 5.74) is 3.76. The van der Waals surface area contributed by atoms with E-state index in [1.54, 1.807) is 7.11 Å². The summed E-state index contributed by atoms with van der Waals surface area (Å²) >= 11 is 3.57. The third-order valence-corrected chi connectivity index (χ3v) is 4.46. The van der Waals surface area contributed by atoms with Crippen molar-refractivity contribution in [2.75, 3.05) is 12.4 Å². The van der Waals surface area contributed by atoms with E-state index < -0.39 is 0 Å². The number of methoxy groups -OCH3 is 1. The fourth-order valence-corrected chi connectivity index (χ4v) is 2.59. The van der Waals surface area contributed by atoms with E-state index in [0.717, 1.165) is 28.8 Å². The fourth-order valence-electron chi connectivity index (χ4n) is 2.21. The number of hydrogen-bond acceptors (Lipinski definition) is 2. The molecule has 112 valence electrons. The molecule has 21 heavy (non-hydrogen) atoms. The summed E-state index contributed by atoms with van der Waals surface area (Å²) in [6.07, 6.45) is 2.16. The van der Waals surface area contributed by atoms with Crippen LogP contribution in [-0.4, -0.2) is 13.2 Å². The van der Waals surface area contributed by atoms with Crippen LogP contribution in [-0.2, 0) is 6.42 Å². The number of aryl methyl sites for hydroxylation is 2. The van der Waals surface area contributed by atoms with Gasteiger partial charge < -0.3 is 10.1 Å². The third-order valence-electron chi connectivity index (χ3n) is 3.61. The molecule has 0 saturated carbocycles. The van der Waals surface area contributed by atoms with Crippen LogP contribution in [0.25, 0.3) is 0 Å². The van der Waals surface area contributed by atoms with Crippen LogP contribution in [0.1, 0.15) is 24.5 Å². The molecular formula is C18H22BrNO. The van der Waals surface area contributed by atoms with Crippen molar-refractivity contribution in [2.45, 2.75) is 32.7 Å². The average molecular weight is 348 g/mol. The largest absolute Gasteiger partial charge is 0.497 e. The molecule has 0 fully saturated rings. The van der Waals surface area contributed by atoms with Crippen LogP contribution in [0.2, 0.25) is 0 Å². The summed E-state index contributed by atoms with van der Waals surface area (Å²) < 4.78 is 6.33. The third kappa shape index (κ3) is 4.78. The maximum atomic E-state index is 5.18. The van der Waals surface area contributed by atoms with E-state index in [4.69, 9.17) is 4.74 Å². The maximum absolute atomic E-state index is 5.18. The monoisotopic (exact) mass is 347 g/mol. The number of ether oxygens (including phenoxy) is 1. The van der Waals surface area contributed by atoms with Gasteiger partial charge in [0.05, 0.1) is 7.11 Å². The maximum Gasteiger partial charge on any atom is 0.118 e. The van der Waals surface area contributed by atoms with Gasteiger partial charge in [0, 0.05) is 16.2 Å². The number of benzene rings is 2. The highest BCUT2D eigenvalue weighted by Crippen LogP contribution is 2.22. The summed E-state index contributed by atoms with van der Waals surface area (Å²) in [7, 11) is 1.70. The second kappa shape index (κ2) is 7.51. The molecule has 0 aliphatic heterocycles. The van der Waals surface area contributed by atoms with Crippen molar-refractivity contribution in [3.63, 3.8) is 0 Å². The number of nitrogens with one attached hydrogen (secondary N) is 1. The molecule has 0 heterocycles. The zero-order chi connectivity index (χ0) is 15.2. The summed E-state index contributed by atoms with van der Waals surface area (Å²) in [4.78, 5) is 0. The standard InChI is InChI=1S/C18H22BrNO/c1-13-4-9-16(12-18(13)19)20-14(2)5-6-15-7-10-17(21-3)11-8-15/h4,7-12,14,20H,5-6H2,1-3H3. The zero-order valence-corrected chi connectivity index (χ0v) is 14.4. The molecule has 1 atom stereocenters. The molecule has 0 spiro atoms. The van der Waals surface area contributed by atoms with Crippen LogP contribution in [0.15, 0.2) is 46.9 Å². The molecule has 0 aromatic heterocycles. The van der Waals surface area contributed by atoms with Crippen molar-refractivity contribution in [1.29, 1.82) is 0 Å². The minimum atomic E-state index is 0.432. The van der Waals surface area contributed by atoms with Crippen molar-refractivity contribution in [3.05, 3.63) is 58.1 Å². The molecular weight excluding hydrogens is 326 g/mol. The molecule has 2 rings (SSSR count). The molecule has 2 nitrogen and oxygen atoms in total. The van der Waals surface area contributed by atoms with Gasteiger partial charge in [-0.2, -0.15) is 0 Å². The van der Waals surface area contributed by atoms with Crippen LogP contribution in [0.3, 0.4) is 0 Å². The van der Waals surface area contributed by atoms with Crippen LogP contribution in [0.4, 0.5) is 5.69 Å². The Bertz CT molecular complexity index is 580. The molecule has 1 unspecified atom stereocenters. The minimum absolute atomic E-state index is 0.432. The Hall–Kier alpha value is -1.48. The van der Waals surface area contributed by atoms with Gasteiger partial charge >= 0.3 is 0 Å². The summed E-state index contributed by atoms with van der Waals surface area (Å²) in [6.45, 7) is 4.32. The number of hydrogen-bond donors (Lipinski definition) is 1. The molecule has 2 aromatic carbocycles. The van der Waals surface area contributed by atoms with Crippen molar-refractivity contribution in [3.8, 4) is 5.75 Å². The quantitative estimate of drug-likeness (QED) is 0.775. The molecule has 0 aliphatic rings. The lowest BCUT2D eigenvalue weighted by atomic mass is 10.1. The first-order chi connectivity index (χ1) is 10.1. The van der Waals surface area contributed by atoms with E-state index in [1.807, 2.05) is 12.1 Å². The smallest absolute Gasteiger partial charge is 0.118 e. The topological polar surface area (TPSA) is 21.3 Å². The molecule has 0 amide bonds. The Morgan fingerprint density at radius 3 is 2.48 bits per heavy atom. The van der Waals surface area contributed by atoms with Gasteiger partial charge in [0.25, 0.3) is 0 Å². The van der Waals surface area contributed by atoms with Gasteiger partial charge in [-0.25, -0.2) is 0 Å². The lowest BCUT2D eigenvalue weighted by Crippen LogP contribution is -2.16. The molecule has 0 saturated heterocycles. The van der Waals surface area contributed by atoms with Crippen molar-refractivity contribution in [1.82, 2.24) is 0 Å². The van der Waals surface area contributed by atoms with Crippen LogP contribution in [0, 0.1) is 6.92 Å². The first-order valence-corrected chi connectivity index (χ1v) is 8.03. The lowest BCUT2D eigenvalue weighted by Gasteiger charge is -2.16. The highest BCUT2D eigenvalue weighted by Gasteiger charge is 2.04. The van der Waals surface area contributed by atoms with Crippen LogP contribution in [0.5, 0.6) is 5.75 Å². The van der Waals surface area contributed by atoms with Crippen LogP contribution >= 0.6 is 15.9 Å². The number of anilines is 1. The number of halogens is 1. The van der Waals surface area contributed by atoms with Gasteiger partial charge in [-0.05, 0) is 62.1 Å². The summed E-state index contributed by atoms with van der Waals surface area (Å²) in [6, 6.07) is 15.1. The molecule has 0 bridgehead atoms. The first kappa shape index (κ1) is 15.9. The Labute approximate surface area is 135 Å². The fraction of sp³-hybridized carbons (Fsp3) is 0.333. The van der Waals surface area contributed by atoms with E-state index in [2.05, 4.69) is 65.4 Å². The predicted octanol–water partition coefficient (Wildman–Crippen LogP) is 5.20. The molecule has 0 aliphatic carbocycles. The van der Waals surface area contributed by atoms with Gasteiger partial charge in [0.1, 0.15) is 5.75 Å². The first-order valence-electron chi connectivity index (χ1n) is 7.24. The molecule has 1 N–H and O–H groups in total. The van der Waals surface area contributed by atoms with E-state index in [0.29, 0.717) is 6.04 Å². The van der Waals surface area contributed by atoms with E-state index in [9.17, 15) is 0 Å². The van der Waals surface area contributed by atoms with Gasteiger partial charge in [-0.3, -0.25) is 0 Å². The molecule has 3 heteroatoms.